The van der Waals surface area contributed by atoms with E-state index in [1.165, 1.54) is 43.6 Å². The highest BCUT2D eigenvalue weighted by Crippen LogP contribution is 2.23. The van der Waals surface area contributed by atoms with Crippen LogP contribution >= 0.6 is 22.7 Å². The summed E-state index contributed by atoms with van der Waals surface area (Å²) in [4.78, 5) is 74.7. The van der Waals surface area contributed by atoms with E-state index >= 15 is 0 Å². The summed E-state index contributed by atoms with van der Waals surface area (Å²) < 4.78 is 63.0. The summed E-state index contributed by atoms with van der Waals surface area (Å²) in [7, 11) is 1.21. The van der Waals surface area contributed by atoms with Gasteiger partial charge in [0.15, 0.2) is 12.1 Å². The number of halogens is 4. The third kappa shape index (κ3) is 15.4. The molecule has 2 heterocycles. The van der Waals surface area contributed by atoms with E-state index in [0.717, 1.165) is 24.3 Å². The minimum absolute atomic E-state index is 0.142. The lowest BCUT2D eigenvalue weighted by Gasteiger charge is -2.25. The summed E-state index contributed by atoms with van der Waals surface area (Å²) in [6.07, 6.45) is -0.593. The molecule has 306 valence electrons. The van der Waals surface area contributed by atoms with Crippen molar-refractivity contribution in [3.63, 3.8) is 0 Å². The van der Waals surface area contributed by atoms with Crippen molar-refractivity contribution in [3.8, 4) is 0 Å². The van der Waals surface area contributed by atoms with Gasteiger partial charge in [-0.15, -0.1) is 22.7 Å². The van der Waals surface area contributed by atoms with Crippen LogP contribution < -0.4 is 21.3 Å². The molecule has 0 aliphatic rings. The maximum Gasteiger partial charge on any atom is 0.334 e. The molecule has 2 aromatic carbocycles. The van der Waals surface area contributed by atoms with Gasteiger partial charge in [0.1, 0.15) is 41.0 Å². The molecule has 12 nitrogen and oxygen atoms in total. The first-order valence-electron chi connectivity index (χ1n) is 17.2. The predicted octanol–water partition coefficient (Wildman–Crippen LogP) is 5.38. The largest absolute Gasteiger partial charge is 0.467 e. The van der Waals surface area contributed by atoms with Crippen LogP contribution in [0.1, 0.15) is 67.6 Å². The Hall–Kier alpha value is -5.62. The van der Waals surface area contributed by atoms with Crippen molar-refractivity contribution in [3.05, 3.63) is 116 Å². The van der Waals surface area contributed by atoms with E-state index in [1.807, 2.05) is 0 Å². The van der Waals surface area contributed by atoms with Crippen molar-refractivity contribution in [2.45, 2.75) is 77.2 Å². The molecule has 0 fully saturated rings. The number of methoxy groups -OCH3 is 1. The van der Waals surface area contributed by atoms with E-state index < -0.39 is 88.6 Å². The van der Waals surface area contributed by atoms with Gasteiger partial charge in [-0.25, -0.2) is 27.2 Å². The molecular weight excluding hydrogens is 793 g/mol. The number of carbonyl (C=O) groups is 6. The normalized spacial score (nSPS) is 13.0. The van der Waals surface area contributed by atoms with Crippen molar-refractivity contribution in [2.24, 2.45) is 0 Å². The maximum atomic E-state index is 13.3. The third-order valence-electron chi connectivity index (χ3n) is 7.42. The molecular formula is C39H42F4N4O8S2. The fourth-order valence-corrected chi connectivity index (χ4v) is 6.45. The Labute approximate surface area is 334 Å². The zero-order chi connectivity index (χ0) is 42.4. The quantitative estimate of drug-likeness (QED) is 0.0971. The van der Waals surface area contributed by atoms with E-state index in [-0.39, 0.29) is 24.0 Å². The molecule has 57 heavy (non-hydrogen) atoms. The molecule has 2 aromatic heterocycles. The number of rotatable bonds is 14. The van der Waals surface area contributed by atoms with Gasteiger partial charge in [0.25, 0.3) is 0 Å². The lowest BCUT2D eigenvalue weighted by Crippen LogP contribution is -2.48. The van der Waals surface area contributed by atoms with Crippen LogP contribution in [0.4, 0.5) is 17.6 Å². The van der Waals surface area contributed by atoms with Crippen molar-refractivity contribution in [1.82, 2.24) is 21.3 Å². The van der Waals surface area contributed by atoms with E-state index in [2.05, 4.69) is 21.3 Å². The van der Waals surface area contributed by atoms with Gasteiger partial charge in [-0.1, -0.05) is 12.1 Å². The number of amides is 4. The summed E-state index contributed by atoms with van der Waals surface area (Å²) in [5.74, 6) is -6.80. The average molecular weight is 835 g/mol. The Morgan fingerprint density at radius 3 is 1.30 bits per heavy atom. The van der Waals surface area contributed by atoms with Gasteiger partial charge in [-0.2, -0.15) is 0 Å². The number of hydrogen-bond donors (Lipinski definition) is 4. The van der Waals surface area contributed by atoms with Gasteiger partial charge in [0.05, 0.1) is 20.0 Å². The van der Waals surface area contributed by atoms with E-state index in [0.29, 0.717) is 21.9 Å². The number of esters is 2. The molecule has 0 aliphatic carbocycles. The highest BCUT2D eigenvalue weighted by Gasteiger charge is 2.31. The van der Waals surface area contributed by atoms with Crippen LogP contribution in [0.15, 0.2) is 71.4 Å². The monoisotopic (exact) mass is 834 g/mol. The second-order valence-corrected chi connectivity index (χ2v) is 15.4. The van der Waals surface area contributed by atoms with Gasteiger partial charge < -0.3 is 30.7 Å². The van der Waals surface area contributed by atoms with Gasteiger partial charge in [0.2, 0.25) is 23.6 Å². The SMILES string of the molecule is COC(=O)[C@H](NC(=O)[C@H](C)NC(=O)Cc1cc(F)cc(F)c1)c1cccs1.C[C@H](NC(=O)Cc1cc(F)cc(F)c1)C(=O)N[C@@H](C(=O)OC(C)(C)C)c1cccs1. The van der Waals surface area contributed by atoms with Crippen LogP contribution in [-0.4, -0.2) is 60.4 Å². The van der Waals surface area contributed by atoms with Gasteiger partial charge in [-0.3, -0.25) is 19.2 Å². The van der Waals surface area contributed by atoms with Crippen molar-refractivity contribution in [2.75, 3.05) is 7.11 Å². The smallest absolute Gasteiger partial charge is 0.334 e. The Morgan fingerprint density at radius 1 is 0.614 bits per heavy atom. The van der Waals surface area contributed by atoms with Crippen molar-refractivity contribution in [1.29, 1.82) is 0 Å². The Bertz CT molecular complexity index is 1980. The summed E-state index contributed by atoms with van der Waals surface area (Å²) in [5, 5.41) is 13.5. The number of thiophene rings is 2. The molecule has 18 heteroatoms. The fraction of sp³-hybridized carbons (Fsp3) is 0.333. The second-order valence-electron chi connectivity index (χ2n) is 13.5. The van der Waals surface area contributed by atoms with Gasteiger partial charge in [0, 0.05) is 21.9 Å². The van der Waals surface area contributed by atoms with Gasteiger partial charge in [-0.05, 0) is 92.9 Å². The highest BCUT2D eigenvalue weighted by atomic mass is 32.1. The average Bonchev–Trinajstić information content (AvgIpc) is 3.83. The van der Waals surface area contributed by atoms with E-state index in [9.17, 15) is 46.3 Å². The predicted molar refractivity (Wildman–Crippen MR) is 204 cm³/mol. The zero-order valence-electron chi connectivity index (χ0n) is 31.7. The first-order chi connectivity index (χ1) is 26.7. The molecule has 0 bridgehead atoms. The number of benzene rings is 2. The minimum Gasteiger partial charge on any atom is -0.467 e. The summed E-state index contributed by atoms with van der Waals surface area (Å²) >= 11 is 2.56. The molecule has 0 spiro atoms. The lowest BCUT2D eigenvalue weighted by molar-refractivity contribution is -0.159. The van der Waals surface area contributed by atoms with Crippen LogP contribution in [0.5, 0.6) is 0 Å². The molecule has 4 amide bonds. The molecule has 4 N–H and O–H groups in total. The molecule has 0 saturated carbocycles. The first kappa shape index (κ1) is 45.8. The summed E-state index contributed by atoms with van der Waals surface area (Å²) in [5.41, 5.74) is -0.455. The highest BCUT2D eigenvalue weighted by molar-refractivity contribution is 7.10. The van der Waals surface area contributed by atoms with Gasteiger partial charge >= 0.3 is 11.9 Å². The summed E-state index contributed by atoms with van der Waals surface area (Å²) in [6, 6.07) is 8.46. The molecule has 4 rings (SSSR count). The standard InChI is InChI=1S/C21H24F2N2O4S.C18H18F2N2O4S/c1-12(24-17(26)10-13-8-14(22)11-15(23)9-13)19(27)25-18(16-6-5-7-30-16)20(28)29-21(2,3)4;1-10(21-15(23)8-11-6-12(19)9-13(20)7-11)17(24)22-16(18(25)26-2)14-4-3-5-27-14/h5-9,11-12,18H,10H2,1-4H3,(H,24,26)(H,25,27);3-7,9-10,16H,8H2,1-2H3,(H,21,23)(H,22,24)/t12-,18+;10-,16+/m00/s1. The fourth-order valence-electron chi connectivity index (χ4n) is 4.93. The van der Waals surface area contributed by atoms with Crippen LogP contribution in [0, 0.1) is 23.3 Å². The van der Waals surface area contributed by atoms with E-state index in [1.54, 1.807) is 55.8 Å². The van der Waals surface area contributed by atoms with Crippen LogP contribution in [0.3, 0.4) is 0 Å². The molecule has 0 radical (unpaired) electrons. The summed E-state index contributed by atoms with van der Waals surface area (Å²) in [6.45, 7) is 8.03. The maximum absolute atomic E-state index is 13.3. The zero-order valence-corrected chi connectivity index (χ0v) is 33.4. The topological polar surface area (TPSA) is 169 Å². The first-order valence-corrected chi connectivity index (χ1v) is 19.0. The van der Waals surface area contributed by atoms with Crippen LogP contribution in [0.25, 0.3) is 0 Å². The molecule has 4 atom stereocenters. The molecule has 4 aromatic rings. The van der Waals surface area contributed by atoms with Crippen LogP contribution in [0.2, 0.25) is 0 Å². The van der Waals surface area contributed by atoms with Crippen molar-refractivity contribution >= 4 is 58.2 Å². The van der Waals surface area contributed by atoms with Crippen molar-refractivity contribution < 1.29 is 55.8 Å². The Morgan fingerprint density at radius 2 is 0.982 bits per heavy atom. The Balaban J connectivity index is 0.000000307. The van der Waals surface area contributed by atoms with E-state index in [4.69, 9.17) is 9.47 Å². The molecule has 0 saturated heterocycles. The third-order valence-corrected chi connectivity index (χ3v) is 9.30. The second kappa shape index (κ2) is 21.1. The number of hydrogen-bond acceptors (Lipinski definition) is 10. The number of carbonyl (C=O) groups excluding carboxylic acids is 6. The minimum atomic E-state index is -1.02. The number of nitrogens with one attached hydrogen (secondary N) is 4. The van der Waals surface area contributed by atoms with Crippen LogP contribution in [-0.2, 0) is 51.1 Å². The Kier molecular flexibility index (Phi) is 16.9. The lowest BCUT2D eigenvalue weighted by atomic mass is 10.1. The molecule has 0 unspecified atom stereocenters. The molecule has 0 aliphatic heterocycles. The number of ether oxygens (including phenoxy) is 2.